The molecule has 1 heterocycles. The average Bonchev–Trinajstić information content (AvgIpc) is 2.94. The van der Waals surface area contributed by atoms with Crippen molar-refractivity contribution in [1.29, 1.82) is 0 Å². The summed E-state index contributed by atoms with van der Waals surface area (Å²) in [5.74, 6) is 0.0136. The number of carbonyl (C=O) groups excluding carboxylic acids is 2. The number of benzene rings is 2. The van der Waals surface area contributed by atoms with E-state index in [4.69, 9.17) is 4.74 Å². The van der Waals surface area contributed by atoms with Crippen LogP contribution in [0.15, 0.2) is 48.5 Å². The number of rotatable bonds is 6. The highest BCUT2D eigenvalue weighted by Crippen LogP contribution is 2.29. The summed E-state index contributed by atoms with van der Waals surface area (Å²) < 4.78 is 43.2. The number of nitrogens with two attached hydrogens (primary N) is 1. The van der Waals surface area contributed by atoms with Crippen LogP contribution in [0.2, 0.25) is 0 Å². The van der Waals surface area contributed by atoms with Crippen molar-refractivity contribution in [1.82, 2.24) is 0 Å². The Hall–Kier alpha value is -2.87. The molecule has 0 bridgehead atoms. The molecule has 8 heteroatoms. The first-order chi connectivity index (χ1) is 13.3. The molecule has 0 aliphatic carbocycles. The van der Waals surface area contributed by atoms with Crippen LogP contribution >= 0.6 is 0 Å². The number of anilines is 1. The summed E-state index contributed by atoms with van der Waals surface area (Å²) in [6, 6.07) is 10.9. The maximum absolute atomic E-state index is 12.6. The van der Waals surface area contributed by atoms with E-state index >= 15 is 0 Å². The van der Waals surface area contributed by atoms with Gasteiger partial charge in [-0.1, -0.05) is 12.1 Å². The minimum atomic E-state index is -4.38. The number of quaternary nitrogens is 1. The Labute approximate surface area is 160 Å². The predicted octanol–water partition coefficient (Wildman–Crippen LogP) is 2.50. The van der Waals surface area contributed by atoms with Crippen LogP contribution in [0, 0.1) is 0 Å². The molecule has 0 radical (unpaired) electrons. The Balaban J connectivity index is 1.63. The number of amides is 2. The van der Waals surface area contributed by atoms with Gasteiger partial charge in [-0.25, -0.2) is 4.90 Å². The van der Waals surface area contributed by atoms with E-state index in [1.54, 1.807) is 29.6 Å². The fourth-order valence-electron chi connectivity index (χ4n) is 3.08. The lowest BCUT2D eigenvalue weighted by atomic mass is 10.1. The molecular formula is C20H20F3N2O3+. The quantitative estimate of drug-likeness (QED) is 0.767. The third kappa shape index (κ3) is 4.33. The highest BCUT2D eigenvalue weighted by molar-refractivity contribution is 6.21. The van der Waals surface area contributed by atoms with E-state index in [1.807, 2.05) is 6.92 Å². The zero-order valence-corrected chi connectivity index (χ0v) is 15.2. The molecule has 1 saturated heterocycles. The Morgan fingerprint density at radius 2 is 1.71 bits per heavy atom. The van der Waals surface area contributed by atoms with E-state index in [1.165, 1.54) is 12.1 Å². The smallest absolute Gasteiger partial charge is 0.416 e. The molecule has 1 atom stereocenters. The predicted molar refractivity (Wildman–Crippen MR) is 95.6 cm³/mol. The zero-order chi connectivity index (χ0) is 20.3. The highest BCUT2D eigenvalue weighted by Gasteiger charge is 2.42. The largest absolute Gasteiger partial charge is 0.494 e. The van der Waals surface area contributed by atoms with Crippen molar-refractivity contribution in [2.45, 2.75) is 32.1 Å². The van der Waals surface area contributed by atoms with E-state index < -0.39 is 17.8 Å². The number of alkyl halides is 3. The summed E-state index contributed by atoms with van der Waals surface area (Å²) in [6.45, 7) is 2.68. The van der Waals surface area contributed by atoms with Crippen LogP contribution in [-0.4, -0.2) is 24.5 Å². The van der Waals surface area contributed by atoms with Gasteiger partial charge in [-0.05, 0) is 43.3 Å². The van der Waals surface area contributed by atoms with E-state index in [0.29, 0.717) is 30.2 Å². The third-order valence-electron chi connectivity index (χ3n) is 4.51. The first-order valence-electron chi connectivity index (χ1n) is 8.88. The lowest BCUT2D eigenvalue weighted by molar-refractivity contribution is -0.690. The van der Waals surface area contributed by atoms with Gasteiger partial charge >= 0.3 is 6.18 Å². The summed E-state index contributed by atoms with van der Waals surface area (Å²) in [5, 5.41) is 1.68. The third-order valence-corrected chi connectivity index (χ3v) is 4.51. The topological polar surface area (TPSA) is 63.2 Å². The first-order valence-corrected chi connectivity index (χ1v) is 8.88. The van der Waals surface area contributed by atoms with Gasteiger partial charge in [0.2, 0.25) is 5.91 Å². The standard InChI is InChI=1S/C20H19F3N2O3/c1-2-28-16-9-7-15(8-10-16)25-18(26)11-17(19(25)27)24-12-13-3-5-14(6-4-13)20(21,22)23/h3-10,17,24H,2,11-12H2,1H3/p+1/t17-/m1/s1. The molecule has 2 aromatic carbocycles. The Kier molecular flexibility index (Phi) is 5.69. The summed E-state index contributed by atoms with van der Waals surface area (Å²) >= 11 is 0. The van der Waals surface area contributed by atoms with Crippen molar-refractivity contribution < 1.29 is 32.8 Å². The molecule has 1 fully saturated rings. The number of carbonyl (C=O) groups is 2. The second-order valence-electron chi connectivity index (χ2n) is 6.44. The van der Waals surface area contributed by atoms with Crippen molar-refractivity contribution in [3.8, 4) is 5.75 Å². The van der Waals surface area contributed by atoms with E-state index in [0.717, 1.165) is 17.0 Å². The molecular weight excluding hydrogens is 373 g/mol. The lowest BCUT2D eigenvalue weighted by Gasteiger charge is -2.15. The van der Waals surface area contributed by atoms with Crippen LogP contribution in [0.1, 0.15) is 24.5 Å². The van der Waals surface area contributed by atoms with Crippen LogP contribution in [0.4, 0.5) is 18.9 Å². The Morgan fingerprint density at radius 1 is 1.07 bits per heavy atom. The molecule has 2 N–H and O–H groups in total. The molecule has 3 rings (SSSR count). The molecule has 0 spiro atoms. The van der Waals surface area contributed by atoms with Crippen LogP contribution in [0.25, 0.3) is 0 Å². The van der Waals surface area contributed by atoms with Gasteiger partial charge in [0.25, 0.3) is 5.91 Å². The molecule has 5 nitrogen and oxygen atoms in total. The van der Waals surface area contributed by atoms with Crippen molar-refractivity contribution >= 4 is 17.5 Å². The molecule has 148 valence electrons. The second-order valence-corrected chi connectivity index (χ2v) is 6.44. The fourth-order valence-corrected chi connectivity index (χ4v) is 3.08. The van der Waals surface area contributed by atoms with Gasteiger partial charge in [-0.2, -0.15) is 13.2 Å². The van der Waals surface area contributed by atoms with Gasteiger partial charge in [0.1, 0.15) is 12.3 Å². The number of hydrogen-bond donors (Lipinski definition) is 1. The normalized spacial score (nSPS) is 17.3. The maximum Gasteiger partial charge on any atom is 0.416 e. The van der Waals surface area contributed by atoms with E-state index in [-0.39, 0.29) is 18.2 Å². The molecule has 2 aromatic rings. The highest BCUT2D eigenvalue weighted by atomic mass is 19.4. The number of imide groups is 1. The maximum atomic E-state index is 12.6. The first kappa shape index (κ1) is 19.9. The van der Waals surface area contributed by atoms with Gasteiger partial charge in [-0.3, -0.25) is 9.59 Å². The van der Waals surface area contributed by atoms with Gasteiger partial charge in [0.05, 0.1) is 24.3 Å². The second kappa shape index (κ2) is 8.02. The molecule has 28 heavy (non-hydrogen) atoms. The number of halogens is 3. The van der Waals surface area contributed by atoms with Crippen LogP contribution in [-0.2, 0) is 22.3 Å². The van der Waals surface area contributed by atoms with Crippen molar-refractivity contribution in [2.75, 3.05) is 11.5 Å². The minimum Gasteiger partial charge on any atom is -0.494 e. The van der Waals surface area contributed by atoms with Crippen LogP contribution < -0.4 is 15.0 Å². The summed E-state index contributed by atoms with van der Waals surface area (Å²) in [6.07, 6.45) is -4.33. The number of hydrogen-bond acceptors (Lipinski definition) is 3. The summed E-state index contributed by atoms with van der Waals surface area (Å²) in [4.78, 5) is 26.1. The minimum absolute atomic E-state index is 0.0483. The summed E-state index contributed by atoms with van der Waals surface area (Å²) in [5.41, 5.74) is 0.404. The molecule has 0 saturated carbocycles. The fraction of sp³-hybridized carbons (Fsp3) is 0.300. The Morgan fingerprint density at radius 3 is 2.29 bits per heavy atom. The molecule has 0 aromatic heterocycles. The zero-order valence-electron chi connectivity index (χ0n) is 15.2. The van der Waals surface area contributed by atoms with Gasteiger partial charge in [0.15, 0.2) is 6.04 Å². The van der Waals surface area contributed by atoms with E-state index in [9.17, 15) is 22.8 Å². The van der Waals surface area contributed by atoms with Crippen molar-refractivity contribution in [3.63, 3.8) is 0 Å². The molecule has 1 aliphatic rings. The van der Waals surface area contributed by atoms with Gasteiger partial charge < -0.3 is 10.1 Å². The van der Waals surface area contributed by atoms with Gasteiger partial charge in [0, 0.05) is 5.56 Å². The molecule has 2 amide bonds. The number of nitrogens with zero attached hydrogens (tertiary/aromatic N) is 1. The number of ether oxygens (including phenoxy) is 1. The lowest BCUT2D eigenvalue weighted by Crippen LogP contribution is -2.90. The SMILES string of the molecule is CCOc1ccc(N2C(=O)C[C@@H]([NH2+]Cc3ccc(C(F)(F)F)cc3)C2=O)cc1. The molecule has 0 unspecified atom stereocenters. The van der Waals surface area contributed by atoms with Crippen LogP contribution in [0.5, 0.6) is 5.75 Å². The monoisotopic (exact) mass is 393 g/mol. The molecule has 1 aliphatic heterocycles. The van der Waals surface area contributed by atoms with E-state index in [2.05, 4.69) is 0 Å². The average molecular weight is 393 g/mol. The van der Waals surface area contributed by atoms with Gasteiger partial charge in [-0.15, -0.1) is 0 Å². The van der Waals surface area contributed by atoms with Crippen molar-refractivity contribution in [2.24, 2.45) is 0 Å². The van der Waals surface area contributed by atoms with Crippen LogP contribution in [0.3, 0.4) is 0 Å². The Bertz CT molecular complexity index is 848. The van der Waals surface area contributed by atoms with Crippen molar-refractivity contribution in [3.05, 3.63) is 59.7 Å². The summed E-state index contributed by atoms with van der Waals surface area (Å²) in [7, 11) is 0.